The average molecular weight is 540 g/mol. The largest absolute Gasteiger partial charge is 0.357 e. The predicted molar refractivity (Wildman–Crippen MR) is 123 cm³/mol. The van der Waals surface area contributed by atoms with Crippen molar-refractivity contribution in [3.8, 4) is 0 Å². The Morgan fingerprint density at radius 1 is 1.11 bits per heavy atom. The summed E-state index contributed by atoms with van der Waals surface area (Å²) in [4.78, 5) is 4.49. The number of hydrogen-bond acceptors (Lipinski definition) is 3. The van der Waals surface area contributed by atoms with Crippen LogP contribution >= 0.6 is 35.6 Å². The minimum Gasteiger partial charge on any atom is -0.357 e. The van der Waals surface area contributed by atoms with Crippen LogP contribution in [0.15, 0.2) is 47.5 Å². The van der Waals surface area contributed by atoms with Gasteiger partial charge in [0.2, 0.25) is 0 Å². The Labute approximate surface area is 187 Å². The Morgan fingerprint density at radius 3 is 2.39 bits per heavy atom. The standard InChI is InChI=1S/C19H23ClFN3O2S.HI/c1-3-22-19(23-11-14-4-7-17(20)8-5-14)24-12-16-10-18(21)9-6-15(16)13-27(2,25)26;/h4-10H,3,11-13H2,1-2H3,(H2,22,23,24);1H. The third-order valence-corrected chi connectivity index (χ3v) is 4.80. The van der Waals surface area contributed by atoms with E-state index in [1.807, 2.05) is 19.1 Å². The monoisotopic (exact) mass is 539 g/mol. The van der Waals surface area contributed by atoms with Crippen LogP contribution < -0.4 is 10.6 Å². The van der Waals surface area contributed by atoms with Gasteiger partial charge in [-0.15, -0.1) is 24.0 Å². The molecule has 9 heteroatoms. The normalized spacial score (nSPS) is 11.6. The van der Waals surface area contributed by atoms with Gasteiger partial charge in [-0.25, -0.2) is 17.8 Å². The first-order chi connectivity index (χ1) is 12.8. The molecule has 0 fully saturated rings. The van der Waals surface area contributed by atoms with Gasteiger partial charge in [0.25, 0.3) is 0 Å². The van der Waals surface area contributed by atoms with Crippen LogP contribution in [0, 0.1) is 5.82 Å². The summed E-state index contributed by atoms with van der Waals surface area (Å²) in [6.07, 6.45) is 1.16. The quantitative estimate of drug-likeness (QED) is 0.318. The third-order valence-electron chi connectivity index (χ3n) is 3.71. The summed E-state index contributed by atoms with van der Waals surface area (Å²) < 4.78 is 36.8. The molecule has 0 spiro atoms. The Hall–Kier alpha value is -1.39. The van der Waals surface area contributed by atoms with E-state index < -0.39 is 15.7 Å². The first-order valence-corrected chi connectivity index (χ1v) is 10.9. The predicted octanol–water partition coefficient (Wildman–Crippen LogP) is 3.90. The van der Waals surface area contributed by atoms with Crippen molar-refractivity contribution in [1.29, 1.82) is 0 Å². The molecule has 5 nitrogen and oxygen atoms in total. The fourth-order valence-electron chi connectivity index (χ4n) is 2.46. The molecule has 0 aromatic heterocycles. The van der Waals surface area contributed by atoms with E-state index in [-0.39, 0.29) is 36.3 Å². The molecule has 0 unspecified atom stereocenters. The molecule has 0 bridgehead atoms. The number of guanidine groups is 1. The zero-order chi connectivity index (χ0) is 19.9. The van der Waals surface area contributed by atoms with Crippen molar-refractivity contribution < 1.29 is 12.8 Å². The minimum absolute atomic E-state index is 0. The van der Waals surface area contributed by atoms with Gasteiger partial charge >= 0.3 is 0 Å². The van der Waals surface area contributed by atoms with Crippen molar-refractivity contribution in [2.45, 2.75) is 25.8 Å². The highest BCUT2D eigenvalue weighted by molar-refractivity contribution is 14.0. The molecule has 0 amide bonds. The fourth-order valence-corrected chi connectivity index (χ4v) is 3.44. The van der Waals surface area contributed by atoms with E-state index in [1.165, 1.54) is 18.2 Å². The Bertz CT molecular complexity index is 906. The van der Waals surface area contributed by atoms with E-state index in [1.54, 1.807) is 12.1 Å². The molecule has 0 atom stereocenters. The van der Waals surface area contributed by atoms with Gasteiger partial charge in [0.15, 0.2) is 15.8 Å². The van der Waals surface area contributed by atoms with Crippen LogP contribution in [0.2, 0.25) is 5.02 Å². The van der Waals surface area contributed by atoms with Gasteiger partial charge in [0, 0.05) is 24.4 Å². The van der Waals surface area contributed by atoms with Crippen molar-refractivity contribution in [2.75, 3.05) is 12.8 Å². The second-order valence-electron chi connectivity index (χ2n) is 6.16. The van der Waals surface area contributed by atoms with Gasteiger partial charge in [-0.2, -0.15) is 0 Å². The molecule has 0 aliphatic rings. The van der Waals surface area contributed by atoms with Crippen LogP contribution in [0.25, 0.3) is 0 Å². The molecule has 0 aliphatic heterocycles. The molecule has 28 heavy (non-hydrogen) atoms. The summed E-state index contributed by atoms with van der Waals surface area (Å²) in [5.41, 5.74) is 2.15. The van der Waals surface area contributed by atoms with Crippen molar-refractivity contribution in [3.05, 3.63) is 70.0 Å². The number of nitrogens with zero attached hydrogens (tertiary/aromatic N) is 1. The number of aliphatic imine (C=N–C) groups is 1. The molecule has 2 rings (SSSR count). The zero-order valence-corrected chi connectivity index (χ0v) is 19.6. The summed E-state index contributed by atoms with van der Waals surface area (Å²) in [5, 5.41) is 6.91. The molecule has 0 saturated carbocycles. The van der Waals surface area contributed by atoms with Crippen molar-refractivity contribution in [3.63, 3.8) is 0 Å². The highest BCUT2D eigenvalue weighted by Gasteiger charge is 2.11. The van der Waals surface area contributed by atoms with Crippen LogP contribution in [0.3, 0.4) is 0 Å². The molecular weight excluding hydrogens is 516 g/mol. The Balaban J connectivity index is 0.00000392. The zero-order valence-electron chi connectivity index (χ0n) is 15.7. The number of halogens is 3. The molecule has 154 valence electrons. The van der Waals surface area contributed by atoms with E-state index in [0.29, 0.717) is 35.2 Å². The first kappa shape index (κ1) is 24.6. The minimum atomic E-state index is -3.22. The first-order valence-electron chi connectivity index (χ1n) is 8.48. The average Bonchev–Trinajstić information content (AvgIpc) is 2.59. The number of rotatable bonds is 7. The summed E-state index contributed by atoms with van der Waals surface area (Å²) in [7, 11) is -3.22. The SMILES string of the molecule is CCNC(=NCc1ccc(Cl)cc1)NCc1cc(F)ccc1CS(C)(=O)=O.I. The summed E-state index contributed by atoms with van der Waals surface area (Å²) in [6, 6.07) is 11.5. The summed E-state index contributed by atoms with van der Waals surface area (Å²) in [5.74, 6) is 0.0112. The van der Waals surface area contributed by atoms with E-state index >= 15 is 0 Å². The molecule has 0 radical (unpaired) electrons. The van der Waals surface area contributed by atoms with E-state index in [9.17, 15) is 12.8 Å². The number of hydrogen-bond donors (Lipinski definition) is 2. The van der Waals surface area contributed by atoms with E-state index in [4.69, 9.17) is 11.6 Å². The topological polar surface area (TPSA) is 70.6 Å². The number of sulfone groups is 1. The van der Waals surface area contributed by atoms with Crippen LogP contribution in [0.1, 0.15) is 23.6 Å². The molecule has 0 heterocycles. The second kappa shape index (κ2) is 11.6. The fraction of sp³-hybridized carbons (Fsp3) is 0.316. The maximum atomic E-state index is 13.6. The molecule has 2 aromatic carbocycles. The van der Waals surface area contributed by atoms with Crippen LogP contribution in [-0.2, 0) is 28.7 Å². The Morgan fingerprint density at radius 2 is 1.79 bits per heavy atom. The van der Waals surface area contributed by atoms with Gasteiger partial charge in [0.1, 0.15) is 5.82 Å². The third kappa shape index (κ3) is 8.74. The molecule has 0 saturated heterocycles. The Kier molecular flexibility index (Phi) is 10.2. The maximum Gasteiger partial charge on any atom is 0.191 e. The highest BCUT2D eigenvalue weighted by Crippen LogP contribution is 2.14. The summed E-state index contributed by atoms with van der Waals surface area (Å²) in [6.45, 7) is 3.31. The molecular formula is C19H24ClFIN3O2S. The van der Waals surface area contributed by atoms with Crippen LogP contribution in [0.5, 0.6) is 0 Å². The van der Waals surface area contributed by atoms with Gasteiger partial charge < -0.3 is 10.6 Å². The van der Waals surface area contributed by atoms with Crippen LogP contribution in [-0.4, -0.2) is 27.2 Å². The lowest BCUT2D eigenvalue weighted by Crippen LogP contribution is -2.37. The lowest BCUT2D eigenvalue weighted by atomic mass is 10.1. The van der Waals surface area contributed by atoms with Gasteiger partial charge in [0.05, 0.1) is 12.3 Å². The van der Waals surface area contributed by atoms with Crippen molar-refractivity contribution in [2.24, 2.45) is 4.99 Å². The van der Waals surface area contributed by atoms with E-state index in [2.05, 4.69) is 15.6 Å². The lowest BCUT2D eigenvalue weighted by molar-refractivity contribution is 0.599. The molecule has 2 N–H and O–H groups in total. The number of nitrogens with one attached hydrogen (secondary N) is 2. The van der Waals surface area contributed by atoms with Gasteiger partial charge in [-0.3, -0.25) is 0 Å². The molecule has 2 aromatic rings. The number of benzene rings is 2. The maximum absolute atomic E-state index is 13.6. The van der Waals surface area contributed by atoms with Gasteiger partial charge in [-0.05, 0) is 47.9 Å². The van der Waals surface area contributed by atoms with E-state index in [0.717, 1.165) is 11.8 Å². The van der Waals surface area contributed by atoms with Gasteiger partial charge in [-0.1, -0.05) is 29.8 Å². The van der Waals surface area contributed by atoms with Crippen molar-refractivity contribution >= 4 is 51.4 Å². The van der Waals surface area contributed by atoms with Crippen molar-refractivity contribution in [1.82, 2.24) is 10.6 Å². The van der Waals surface area contributed by atoms with Crippen LogP contribution in [0.4, 0.5) is 4.39 Å². The smallest absolute Gasteiger partial charge is 0.191 e. The lowest BCUT2D eigenvalue weighted by Gasteiger charge is -2.14. The molecule has 0 aliphatic carbocycles. The second-order valence-corrected chi connectivity index (χ2v) is 8.73. The summed E-state index contributed by atoms with van der Waals surface area (Å²) >= 11 is 5.88. The highest BCUT2D eigenvalue weighted by atomic mass is 127.